The van der Waals surface area contributed by atoms with Gasteiger partial charge in [-0.05, 0) is 68.8 Å². The van der Waals surface area contributed by atoms with Gasteiger partial charge >= 0.3 is 0 Å². The highest BCUT2D eigenvalue weighted by atomic mass is 79.9. The van der Waals surface area contributed by atoms with E-state index in [9.17, 15) is 9.59 Å². The predicted molar refractivity (Wildman–Crippen MR) is 110 cm³/mol. The minimum Gasteiger partial charge on any atom is -0.325 e. The second-order valence-electron chi connectivity index (χ2n) is 6.48. The minimum absolute atomic E-state index is 0.134. The molecule has 0 unspecified atom stereocenters. The monoisotopic (exact) mass is 417 g/mol. The van der Waals surface area contributed by atoms with Crippen molar-refractivity contribution in [2.24, 2.45) is 0 Å². The lowest BCUT2D eigenvalue weighted by Crippen LogP contribution is -2.36. The summed E-state index contributed by atoms with van der Waals surface area (Å²) in [5.74, 6) is -0.303. The molecule has 0 atom stereocenters. The van der Waals surface area contributed by atoms with E-state index in [-0.39, 0.29) is 24.9 Å². The van der Waals surface area contributed by atoms with Gasteiger partial charge in [-0.25, -0.2) is 0 Å². The van der Waals surface area contributed by atoms with Crippen LogP contribution < -0.4 is 10.6 Å². The first-order valence-electron chi connectivity index (χ1n) is 8.37. The number of carbonyl (C=O) groups is 2. The van der Waals surface area contributed by atoms with E-state index in [0.717, 1.165) is 32.5 Å². The van der Waals surface area contributed by atoms with Crippen LogP contribution in [0.2, 0.25) is 0 Å². The Labute approximate surface area is 162 Å². The van der Waals surface area contributed by atoms with Gasteiger partial charge in [0.05, 0.1) is 13.1 Å². The number of carbonyl (C=O) groups excluding carboxylic acids is 2. The fourth-order valence-electron chi connectivity index (χ4n) is 2.55. The number of likely N-dealkylation sites (N-methyl/N-ethyl adjacent to an activating group) is 1. The van der Waals surface area contributed by atoms with Crippen molar-refractivity contribution in [2.45, 2.75) is 20.8 Å². The van der Waals surface area contributed by atoms with Gasteiger partial charge in [-0.3, -0.25) is 14.5 Å². The molecule has 0 aliphatic carbocycles. The Morgan fingerprint density at radius 2 is 1.62 bits per heavy atom. The van der Waals surface area contributed by atoms with Gasteiger partial charge in [-0.2, -0.15) is 0 Å². The molecule has 2 aromatic carbocycles. The van der Waals surface area contributed by atoms with Crippen LogP contribution in [-0.4, -0.2) is 36.9 Å². The van der Waals surface area contributed by atoms with Crippen molar-refractivity contribution < 1.29 is 9.59 Å². The topological polar surface area (TPSA) is 61.4 Å². The average molecular weight is 418 g/mol. The van der Waals surface area contributed by atoms with Crippen LogP contribution in [0.15, 0.2) is 40.9 Å². The molecule has 6 heteroatoms. The van der Waals surface area contributed by atoms with E-state index in [2.05, 4.69) is 26.6 Å². The highest BCUT2D eigenvalue weighted by Gasteiger charge is 2.12. The number of halogens is 1. The zero-order chi connectivity index (χ0) is 19.3. The normalized spacial score (nSPS) is 10.7. The fourth-order valence-corrected chi connectivity index (χ4v) is 2.79. The summed E-state index contributed by atoms with van der Waals surface area (Å²) in [5.41, 5.74) is 4.76. The number of rotatable bonds is 6. The molecule has 5 nitrogen and oxygen atoms in total. The third kappa shape index (κ3) is 5.68. The van der Waals surface area contributed by atoms with Crippen LogP contribution in [0.25, 0.3) is 0 Å². The molecular weight excluding hydrogens is 394 g/mol. The second kappa shape index (κ2) is 8.96. The molecule has 2 rings (SSSR count). The number of amides is 2. The zero-order valence-electron chi connectivity index (χ0n) is 15.5. The van der Waals surface area contributed by atoms with E-state index in [1.165, 1.54) is 0 Å². The minimum atomic E-state index is -0.159. The van der Waals surface area contributed by atoms with Crippen molar-refractivity contribution in [1.29, 1.82) is 0 Å². The van der Waals surface area contributed by atoms with E-state index in [4.69, 9.17) is 0 Å². The maximum atomic E-state index is 12.2. The fraction of sp³-hybridized carbons (Fsp3) is 0.300. The van der Waals surface area contributed by atoms with Crippen LogP contribution in [0.3, 0.4) is 0 Å². The molecule has 0 bridgehead atoms. The van der Waals surface area contributed by atoms with Gasteiger partial charge in [0, 0.05) is 15.8 Å². The van der Waals surface area contributed by atoms with Gasteiger partial charge in [0.2, 0.25) is 11.8 Å². The molecule has 0 fully saturated rings. The van der Waals surface area contributed by atoms with Crippen LogP contribution in [-0.2, 0) is 9.59 Å². The lowest BCUT2D eigenvalue weighted by Gasteiger charge is -2.17. The third-order valence-corrected chi connectivity index (χ3v) is 5.04. The Morgan fingerprint density at radius 3 is 2.27 bits per heavy atom. The highest BCUT2D eigenvalue weighted by Crippen LogP contribution is 2.20. The molecule has 2 aromatic rings. The quantitative estimate of drug-likeness (QED) is 0.749. The number of anilines is 2. The molecule has 2 N–H and O–H groups in total. The SMILES string of the molecule is Cc1cc(NC(=O)CN(C)CC(=O)Nc2cccc(C)c2C)ccc1Br. The number of nitrogens with zero attached hydrogens (tertiary/aromatic N) is 1. The smallest absolute Gasteiger partial charge is 0.238 e. The zero-order valence-corrected chi connectivity index (χ0v) is 17.1. The van der Waals surface area contributed by atoms with E-state index >= 15 is 0 Å². The summed E-state index contributed by atoms with van der Waals surface area (Å²) in [7, 11) is 1.75. The maximum absolute atomic E-state index is 12.2. The van der Waals surface area contributed by atoms with Crippen LogP contribution >= 0.6 is 15.9 Å². The van der Waals surface area contributed by atoms with Crippen molar-refractivity contribution in [3.8, 4) is 0 Å². The Morgan fingerprint density at radius 1 is 0.962 bits per heavy atom. The molecule has 0 saturated carbocycles. The Kier molecular flexibility index (Phi) is 6.94. The standard InChI is InChI=1S/C20H24BrN3O2/c1-13-6-5-7-18(15(13)3)23-20(26)12-24(4)11-19(25)22-16-8-9-17(21)14(2)10-16/h5-10H,11-12H2,1-4H3,(H,22,25)(H,23,26). The van der Waals surface area contributed by atoms with Gasteiger partial charge < -0.3 is 10.6 Å². The number of hydrogen-bond acceptors (Lipinski definition) is 3. The molecule has 0 aliphatic rings. The van der Waals surface area contributed by atoms with Gasteiger partial charge in [0.1, 0.15) is 0 Å². The maximum Gasteiger partial charge on any atom is 0.238 e. The van der Waals surface area contributed by atoms with Crippen LogP contribution in [0, 0.1) is 20.8 Å². The van der Waals surface area contributed by atoms with Crippen LogP contribution in [0.5, 0.6) is 0 Å². The first-order chi connectivity index (χ1) is 12.3. The molecule has 0 saturated heterocycles. The molecule has 26 heavy (non-hydrogen) atoms. The number of nitrogens with one attached hydrogen (secondary N) is 2. The third-order valence-electron chi connectivity index (χ3n) is 4.15. The summed E-state index contributed by atoms with van der Waals surface area (Å²) in [6, 6.07) is 11.4. The Bertz CT molecular complexity index is 821. The van der Waals surface area contributed by atoms with Crippen molar-refractivity contribution in [1.82, 2.24) is 4.90 Å². The molecular formula is C20H24BrN3O2. The predicted octanol–water partition coefficient (Wildman–Crippen LogP) is 3.88. The molecule has 0 aliphatic heterocycles. The molecule has 138 valence electrons. The van der Waals surface area contributed by atoms with Crippen LogP contribution in [0.1, 0.15) is 16.7 Å². The summed E-state index contributed by atoms with van der Waals surface area (Å²) in [6.45, 7) is 6.21. The van der Waals surface area contributed by atoms with Gasteiger partial charge in [-0.15, -0.1) is 0 Å². The Balaban J connectivity index is 1.86. The first kappa shape index (κ1) is 20.1. The second-order valence-corrected chi connectivity index (χ2v) is 7.33. The lowest BCUT2D eigenvalue weighted by molar-refractivity contribution is -0.119. The van der Waals surface area contributed by atoms with E-state index in [0.29, 0.717) is 0 Å². The number of aryl methyl sites for hydroxylation is 2. The summed E-state index contributed by atoms with van der Waals surface area (Å²) in [6.07, 6.45) is 0. The molecule has 0 aromatic heterocycles. The van der Waals surface area contributed by atoms with E-state index in [1.807, 2.05) is 57.2 Å². The molecule has 0 radical (unpaired) electrons. The molecule has 2 amide bonds. The van der Waals surface area contributed by atoms with E-state index < -0.39 is 0 Å². The van der Waals surface area contributed by atoms with Crippen molar-refractivity contribution >= 4 is 39.1 Å². The van der Waals surface area contributed by atoms with Crippen molar-refractivity contribution in [3.05, 3.63) is 57.6 Å². The number of hydrogen-bond donors (Lipinski definition) is 2. The Hall–Kier alpha value is -2.18. The summed E-state index contributed by atoms with van der Waals surface area (Å²) in [5, 5.41) is 5.75. The largest absolute Gasteiger partial charge is 0.325 e. The summed E-state index contributed by atoms with van der Waals surface area (Å²) < 4.78 is 0.996. The molecule has 0 spiro atoms. The first-order valence-corrected chi connectivity index (χ1v) is 9.16. The summed E-state index contributed by atoms with van der Waals surface area (Å²) >= 11 is 3.43. The van der Waals surface area contributed by atoms with Gasteiger partial charge in [-0.1, -0.05) is 28.1 Å². The summed E-state index contributed by atoms with van der Waals surface area (Å²) in [4.78, 5) is 26.1. The van der Waals surface area contributed by atoms with Gasteiger partial charge in [0.15, 0.2) is 0 Å². The van der Waals surface area contributed by atoms with E-state index in [1.54, 1.807) is 11.9 Å². The van der Waals surface area contributed by atoms with Crippen LogP contribution in [0.4, 0.5) is 11.4 Å². The van der Waals surface area contributed by atoms with Gasteiger partial charge in [0.25, 0.3) is 0 Å². The van der Waals surface area contributed by atoms with Crippen molar-refractivity contribution in [2.75, 3.05) is 30.8 Å². The van der Waals surface area contributed by atoms with Crippen molar-refractivity contribution in [3.63, 3.8) is 0 Å². The number of benzene rings is 2. The average Bonchev–Trinajstić information content (AvgIpc) is 2.55. The highest BCUT2D eigenvalue weighted by molar-refractivity contribution is 9.10. The lowest BCUT2D eigenvalue weighted by atomic mass is 10.1. The molecule has 0 heterocycles.